The quantitative estimate of drug-likeness (QED) is 0.600. The van der Waals surface area contributed by atoms with E-state index in [1.165, 1.54) is 5.56 Å². The van der Waals surface area contributed by atoms with E-state index in [2.05, 4.69) is 29.8 Å². The number of hydrogen-bond acceptors (Lipinski definition) is 3. The zero-order chi connectivity index (χ0) is 20.5. The van der Waals surface area contributed by atoms with E-state index < -0.39 is 6.04 Å². The van der Waals surface area contributed by atoms with Crippen molar-refractivity contribution in [2.24, 2.45) is 11.8 Å². The van der Waals surface area contributed by atoms with E-state index >= 15 is 0 Å². The largest absolute Gasteiger partial charge is 0.341 e. The summed E-state index contributed by atoms with van der Waals surface area (Å²) in [4.78, 5) is 27.3. The predicted molar refractivity (Wildman–Crippen MR) is 120 cm³/mol. The molecule has 29 heavy (non-hydrogen) atoms. The third-order valence-electron chi connectivity index (χ3n) is 5.30. The Balaban J connectivity index is 0.00000420. The Morgan fingerprint density at radius 3 is 2.31 bits per heavy atom. The number of carbonyl (C=O) groups is 2. The van der Waals surface area contributed by atoms with Gasteiger partial charge in [-0.05, 0) is 57.2 Å². The monoisotopic (exact) mass is 424 g/mol. The number of nitrogens with one attached hydrogen (secondary N) is 3. The first-order valence-electron chi connectivity index (χ1n) is 10.4. The van der Waals surface area contributed by atoms with Crippen molar-refractivity contribution in [1.82, 2.24) is 20.9 Å². The molecule has 1 fully saturated rings. The first-order chi connectivity index (χ1) is 13.4. The van der Waals surface area contributed by atoms with Gasteiger partial charge in [0, 0.05) is 19.6 Å². The number of hydrogen-bond donors (Lipinski definition) is 3. The summed E-state index contributed by atoms with van der Waals surface area (Å²) < 4.78 is 0. The van der Waals surface area contributed by atoms with Crippen LogP contribution < -0.4 is 16.0 Å². The zero-order valence-corrected chi connectivity index (χ0v) is 19.0. The molecule has 7 heteroatoms. The van der Waals surface area contributed by atoms with Gasteiger partial charge in [-0.3, -0.25) is 4.79 Å². The van der Waals surface area contributed by atoms with Gasteiger partial charge in [-0.25, -0.2) is 4.79 Å². The lowest BCUT2D eigenvalue weighted by Crippen LogP contribution is -2.53. The number of aryl methyl sites for hydroxylation is 1. The Bertz CT molecular complexity index is 628. The van der Waals surface area contributed by atoms with Crippen molar-refractivity contribution in [3.05, 3.63) is 35.4 Å². The van der Waals surface area contributed by atoms with E-state index in [0.717, 1.165) is 38.0 Å². The summed E-state index contributed by atoms with van der Waals surface area (Å²) in [6.07, 6.45) is 2.68. The van der Waals surface area contributed by atoms with E-state index in [-0.39, 0.29) is 24.3 Å². The second kappa shape index (κ2) is 12.7. The van der Waals surface area contributed by atoms with Crippen LogP contribution in [0.4, 0.5) is 4.79 Å². The Morgan fingerprint density at radius 2 is 1.76 bits per heavy atom. The first kappa shape index (κ1) is 25.2. The van der Waals surface area contributed by atoms with Gasteiger partial charge in [-0.1, -0.05) is 43.7 Å². The molecule has 1 aromatic carbocycles. The van der Waals surface area contributed by atoms with Crippen LogP contribution >= 0.6 is 12.4 Å². The molecule has 1 saturated heterocycles. The molecule has 164 valence electrons. The normalized spacial score (nSPS) is 15.6. The lowest BCUT2D eigenvalue weighted by Gasteiger charge is -2.34. The van der Waals surface area contributed by atoms with Crippen molar-refractivity contribution in [1.29, 1.82) is 0 Å². The van der Waals surface area contributed by atoms with Gasteiger partial charge in [0.15, 0.2) is 0 Å². The average molecular weight is 425 g/mol. The fraction of sp³-hybridized carbons (Fsp3) is 0.636. The smallest absolute Gasteiger partial charge is 0.315 e. The average Bonchev–Trinajstić information content (AvgIpc) is 2.67. The second-order valence-electron chi connectivity index (χ2n) is 8.32. The number of amides is 3. The van der Waals surface area contributed by atoms with E-state index in [0.29, 0.717) is 24.8 Å². The molecule has 0 bridgehead atoms. The second-order valence-corrected chi connectivity index (χ2v) is 8.32. The summed E-state index contributed by atoms with van der Waals surface area (Å²) in [6, 6.07) is 7.29. The molecule has 1 aliphatic heterocycles. The van der Waals surface area contributed by atoms with Gasteiger partial charge in [-0.15, -0.1) is 12.4 Å². The predicted octanol–water partition coefficient (Wildman–Crippen LogP) is 3.09. The SMILES string of the molecule is CNCC1CCN(C(=O)C(CC(C)C)NC(=O)NCc2ccc(C)cc2)CC1.Cl. The number of nitrogens with zero attached hydrogens (tertiary/aromatic N) is 1. The Hall–Kier alpha value is -1.79. The lowest BCUT2D eigenvalue weighted by molar-refractivity contribution is -0.135. The van der Waals surface area contributed by atoms with Gasteiger partial charge < -0.3 is 20.9 Å². The molecule has 0 saturated carbocycles. The number of halogens is 1. The standard InChI is InChI=1S/C22H36N4O2.ClH/c1-16(2)13-20(21(27)26-11-9-19(10-12-26)14-23-4)25-22(28)24-15-18-7-5-17(3)6-8-18;/h5-8,16,19-20,23H,9-15H2,1-4H3,(H2,24,25,28);1H. The van der Waals surface area contributed by atoms with Crippen molar-refractivity contribution in [3.63, 3.8) is 0 Å². The maximum atomic E-state index is 13.0. The lowest BCUT2D eigenvalue weighted by atomic mass is 9.95. The van der Waals surface area contributed by atoms with Gasteiger partial charge in [0.2, 0.25) is 5.91 Å². The number of piperidine rings is 1. The number of carbonyl (C=O) groups excluding carboxylic acids is 2. The van der Waals surface area contributed by atoms with Gasteiger partial charge in [0.1, 0.15) is 6.04 Å². The number of rotatable bonds is 8. The van der Waals surface area contributed by atoms with Gasteiger partial charge in [-0.2, -0.15) is 0 Å². The number of urea groups is 1. The Labute approximate surface area is 181 Å². The Morgan fingerprint density at radius 1 is 1.14 bits per heavy atom. The Kier molecular flexibility index (Phi) is 11.1. The molecule has 1 aromatic rings. The summed E-state index contributed by atoms with van der Waals surface area (Å²) in [5.74, 6) is 0.999. The molecule has 2 rings (SSSR count). The molecule has 0 aromatic heterocycles. The number of benzene rings is 1. The summed E-state index contributed by atoms with van der Waals surface area (Å²) in [5.41, 5.74) is 2.23. The zero-order valence-electron chi connectivity index (χ0n) is 18.2. The molecule has 0 aliphatic carbocycles. The minimum atomic E-state index is -0.473. The maximum absolute atomic E-state index is 13.0. The van der Waals surface area contributed by atoms with Crippen molar-refractivity contribution in [2.45, 2.75) is 52.6 Å². The molecule has 0 radical (unpaired) electrons. The van der Waals surface area contributed by atoms with Crippen LogP contribution in [0, 0.1) is 18.8 Å². The molecule has 1 heterocycles. The summed E-state index contributed by atoms with van der Waals surface area (Å²) in [6.45, 7) is 9.17. The van der Waals surface area contributed by atoms with Gasteiger partial charge in [0.05, 0.1) is 0 Å². The highest BCUT2D eigenvalue weighted by molar-refractivity contribution is 5.87. The molecule has 3 N–H and O–H groups in total. The molecule has 3 amide bonds. The van der Waals surface area contributed by atoms with Crippen LogP contribution in [0.15, 0.2) is 24.3 Å². The van der Waals surface area contributed by atoms with Crippen LogP contribution in [-0.2, 0) is 11.3 Å². The highest BCUT2D eigenvalue weighted by Crippen LogP contribution is 2.18. The van der Waals surface area contributed by atoms with Crippen molar-refractivity contribution < 1.29 is 9.59 Å². The van der Waals surface area contributed by atoms with Gasteiger partial charge in [0.25, 0.3) is 0 Å². The summed E-state index contributed by atoms with van der Waals surface area (Å²) in [7, 11) is 1.97. The molecule has 1 atom stereocenters. The third-order valence-corrected chi connectivity index (χ3v) is 5.30. The third kappa shape index (κ3) is 8.62. The van der Waals surface area contributed by atoms with E-state index in [1.807, 2.05) is 43.1 Å². The van der Waals surface area contributed by atoms with Gasteiger partial charge >= 0.3 is 6.03 Å². The van der Waals surface area contributed by atoms with Crippen LogP contribution in [0.2, 0.25) is 0 Å². The minimum Gasteiger partial charge on any atom is -0.341 e. The van der Waals surface area contributed by atoms with Crippen LogP contribution in [0.25, 0.3) is 0 Å². The van der Waals surface area contributed by atoms with Crippen LogP contribution in [-0.4, -0.2) is 49.6 Å². The fourth-order valence-corrected chi connectivity index (χ4v) is 3.66. The topological polar surface area (TPSA) is 73.5 Å². The van der Waals surface area contributed by atoms with E-state index in [1.54, 1.807) is 0 Å². The molecular weight excluding hydrogens is 388 g/mol. The van der Waals surface area contributed by atoms with Crippen LogP contribution in [0.1, 0.15) is 44.2 Å². The molecule has 0 spiro atoms. The van der Waals surface area contributed by atoms with Crippen molar-refractivity contribution >= 4 is 24.3 Å². The molecule has 1 unspecified atom stereocenters. The molecule has 1 aliphatic rings. The fourth-order valence-electron chi connectivity index (χ4n) is 3.66. The minimum absolute atomic E-state index is 0. The van der Waals surface area contributed by atoms with Crippen LogP contribution in [0.3, 0.4) is 0 Å². The van der Waals surface area contributed by atoms with E-state index in [4.69, 9.17) is 0 Å². The van der Waals surface area contributed by atoms with Crippen molar-refractivity contribution in [3.8, 4) is 0 Å². The summed E-state index contributed by atoms with van der Waals surface area (Å²) >= 11 is 0. The highest BCUT2D eigenvalue weighted by atomic mass is 35.5. The maximum Gasteiger partial charge on any atom is 0.315 e. The molecule has 6 nitrogen and oxygen atoms in total. The number of likely N-dealkylation sites (tertiary alicyclic amines) is 1. The van der Waals surface area contributed by atoms with Crippen molar-refractivity contribution in [2.75, 3.05) is 26.7 Å². The highest BCUT2D eigenvalue weighted by Gasteiger charge is 2.29. The molecular formula is C22H37ClN4O2. The first-order valence-corrected chi connectivity index (χ1v) is 10.4. The van der Waals surface area contributed by atoms with E-state index in [9.17, 15) is 9.59 Å². The van der Waals surface area contributed by atoms with Crippen LogP contribution in [0.5, 0.6) is 0 Å². The summed E-state index contributed by atoms with van der Waals surface area (Å²) in [5, 5.41) is 9.00.